The van der Waals surface area contributed by atoms with Crippen LogP contribution in [0.5, 0.6) is 0 Å². The van der Waals surface area contributed by atoms with Crippen molar-refractivity contribution in [2.75, 3.05) is 0 Å². The van der Waals surface area contributed by atoms with Crippen LogP contribution in [0.1, 0.15) is 37.3 Å². The Morgan fingerprint density at radius 2 is 1.63 bits per heavy atom. The molecule has 0 aliphatic heterocycles. The van der Waals surface area contributed by atoms with Crippen molar-refractivity contribution in [2.24, 2.45) is 0 Å². The van der Waals surface area contributed by atoms with Gasteiger partial charge in [0, 0.05) is 18.9 Å². The third-order valence-corrected chi connectivity index (χ3v) is 3.89. The molecule has 2 rings (SSSR count). The minimum absolute atomic E-state index is 0.159. The van der Waals surface area contributed by atoms with Crippen molar-refractivity contribution in [2.45, 2.75) is 45.3 Å². The van der Waals surface area contributed by atoms with Crippen LogP contribution >= 0.6 is 0 Å². The maximum absolute atomic E-state index is 12.2. The number of rotatable bonds is 8. The van der Waals surface area contributed by atoms with E-state index in [4.69, 9.17) is 4.74 Å². The highest BCUT2D eigenvalue weighted by molar-refractivity contribution is 5.96. The number of ketones is 1. The molecule has 4 nitrogen and oxygen atoms in total. The number of ether oxygens (including phenoxy) is 1. The molecular weight excluding hydrogens is 338 g/mol. The molecular formula is C23H25NO3. The number of unbranched alkanes of at least 4 members (excludes halogenated alkanes) is 1. The molecule has 27 heavy (non-hydrogen) atoms. The molecule has 0 saturated heterocycles. The molecule has 0 radical (unpaired) electrons. The second-order valence-electron chi connectivity index (χ2n) is 6.27. The predicted molar refractivity (Wildman–Crippen MR) is 106 cm³/mol. The number of carbonyl (C=O) groups excluding carboxylic acids is 2. The minimum Gasteiger partial charge on any atom is -0.445 e. The molecule has 140 valence electrons. The summed E-state index contributed by atoms with van der Waals surface area (Å²) in [5.41, 5.74) is 1.95. The van der Waals surface area contributed by atoms with Gasteiger partial charge in [-0.1, -0.05) is 73.5 Å². The van der Waals surface area contributed by atoms with E-state index in [0.717, 1.165) is 17.5 Å². The van der Waals surface area contributed by atoms with E-state index in [1.54, 1.807) is 0 Å². The highest BCUT2D eigenvalue weighted by atomic mass is 16.5. The Morgan fingerprint density at radius 3 is 2.26 bits per heavy atom. The van der Waals surface area contributed by atoms with Gasteiger partial charge in [-0.15, -0.1) is 0 Å². The Labute approximate surface area is 160 Å². The van der Waals surface area contributed by atoms with E-state index >= 15 is 0 Å². The first kappa shape index (κ1) is 20.3. The van der Waals surface area contributed by atoms with Crippen molar-refractivity contribution >= 4 is 11.9 Å². The van der Waals surface area contributed by atoms with Crippen LogP contribution in [-0.4, -0.2) is 17.9 Å². The van der Waals surface area contributed by atoms with Gasteiger partial charge in [0.05, 0.1) is 0 Å². The molecule has 0 aromatic heterocycles. The van der Waals surface area contributed by atoms with Gasteiger partial charge in [-0.05, 0) is 29.9 Å². The number of alkyl carbamates (subject to hydrolysis) is 1. The van der Waals surface area contributed by atoms with Crippen LogP contribution < -0.4 is 5.32 Å². The van der Waals surface area contributed by atoms with Gasteiger partial charge in [0.25, 0.3) is 0 Å². The van der Waals surface area contributed by atoms with E-state index in [0.29, 0.717) is 12.8 Å². The van der Waals surface area contributed by atoms with Gasteiger partial charge in [-0.2, -0.15) is 0 Å². The van der Waals surface area contributed by atoms with Gasteiger partial charge in [-0.3, -0.25) is 4.79 Å². The number of nitrogens with one attached hydrogen (secondary N) is 1. The van der Waals surface area contributed by atoms with Gasteiger partial charge in [0.2, 0.25) is 5.78 Å². The third kappa shape index (κ3) is 8.24. The van der Waals surface area contributed by atoms with Crippen LogP contribution in [0.25, 0.3) is 0 Å². The lowest BCUT2D eigenvalue weighted by molar-refractivity contribution is -0.114. The third-order valence-electron chi connectivity index (χ3n) is 3.89. The summed E-state index contributed by atoms with van der Waals surface area (Å²) in [7, 11) is 0. The molecule has 4 heteroatoms. The fourth-order valence-electron chi connectivity index (χ4n) is 2.57. The quantitative estimate of drug-likeness (QED) is 0.562. The van der Waals surface area contributed by atoms with Gasteiger partial charge < -0.3 is 10.1 Å². The fraction of sp³-hybridized carbons (Fsp3) is 0.304. The lowest BCUT2D eigenvalue weighted by Gasteiger charge is -2.17. The first-order valence-corrected chi connectivity index (χ1v) is 9.20. The second-order valence-corrected chi connectivity index (χ2v) is 6.27. The zero-order valence-electron chi connectivity index (χ0n) is 15.6. The second kappa shape index (κ2) is 11.5. The van der Waals surface area contributed by atoms with E-state index in [1.165, 1.54) is 0 Å². The van der Waals surface area contributed by atoms with E-state index < -0.39 is 6.09 Å². The standard InChI is InChI=1S/C23H25NO3/c1-2-3-6-15-22(25)17-21(16-19-11-7-4-8-12-19)24-23(26)27-18-20-13-9-5-10-14-20/h4-5,7-14,21H,2-3,16-18H2,1H3,(H,24,26)/t21-/m0/s1. The summed E-state index contributed by atoms with van der Waals surface area (Å²) in [5.74, 6) is 5.34. The Hall–Kier alpha value is -3.06. The van der Waals surface area contributed by atoms with Crippen LogP contribution in [0.3, 0.4) is 0 Å². The van der Waals surface area contributed by atoms with E-state index in [2.05, 4.69) is 17.2 Å². The molecule has 1 atom stereocenters. The van der Waals surface area contributed by atoms with Crippen molar-refractivity contribution in [3.05, 3.63) is 71.8 Å². The first-order chi connectivity index (χ1) is 13.2. The molecule has 0 aliphatic rings. The number of amides is 1. The lowest BCUT2D eigenvalue weighted by atomic mass is 10.0. The zero-order chi connectivity index (χ0) is 19.3. The summed E-state index contributed by atoms with van der Waals surface area (Å²) in [5, 5.41) is 2.81. The average Bonchev–Trinajstić information content (AvgIpc) is 2.68. The highest BCUT2D eigenvalue weighted by Crippen LogP contribution is 2.08. The average molecular weight is 363 g/mol. The van der Waals surface area contributed by atoms with Gasteiger partial charge in [0.15, 0.2) is 0 Å². The van der Waals surface area contributed by atoms with Gasteiger partial charge >= 0.3 is 6.09 Å². The van der Waals surface area contributed by atoms with Crippen LogP contribution in [0, 0.1) is 11.8 Å². The summed E-state index contributed by atoms with van der Waals surface area (Å²) in [6.07, 6.45) is 1.78. The Bertz CT molecular complexity index is 776. The predicted octanol–water partition coefficient (Wildman–Crippen LogP) is 4.29. The van der Waals surface area contributed by atoms with E-state index in [-0.39, 0.29) is 24.9 Å². The van der Waals surface area contributed by atoms with Crippen LogP contribution in [0.4, 0.5) is 4.79 Å². The number of Topliss-reactive ketones (excluding diaryl/α,β-unsaturated/α-hetero) is 1. The molecule has 1 N–H and O–H groups in total. The first-order valence-electron chi connectivity index (χ1n) is 9.20. The number of carbonyl (C=O) groups is 2. The minimum atomic E-state index is -0.533. The maximum atomic E-state index is 12.2. The molecule has 0 heterocycles. The van der Waals surface area contributed by atoms with Crippen molar-refractivity contribution in [1.29, 1.82) is 0 Å². The normalized spacial score (nSPS) is 11.0. The topological polar surface area (TPSA) is 55.4 Å². The summed E-state index contributed by atoms with van der Waals surface area (Å²) in [6.45, 7) is 2.21. The molecule has 0 saturated carbocycles. The number of hydrogen-bond donors (Lipinski definition) is 1. The summed E-state index contributed by atoms with van der Waals surface area (Å²) in [4.78, 5) is 24.3. The van der Waals surface area contributed by atoms with Gasteiger partial charge in [-0.25, -0.2) is 4.79 Å². The monoisotopic (exact) mass is 363 g/mol. The lowest BCUT2D eigenvalue weighted by Crippen LogP contribution is -2.38. The summed E-state index contributed by atoms with van der Waals surface area (Å²) < 4.78 is 5.28. The molecule has 2 aromatic rings. The summed E-state index contributed by atoms with van der Waals surface area (Å²) in [6, 6.07) is 18.8. The van der Waals surface area contributed by atoms with Crippen molar-refractivity contribution in [1.82, 2.24) is 5.32 Å². The molecule has 0 bridgehead atoms. The van der Waals surface area contributed by atoms with Gasteiger partial charge in [0.1, 0.15) is 6.61 Å². The smallest absolute Gasteiger partial charge is 0.407 e. The van der Waals surface area contributed by atoms with E-state index in [9.17, 15) is 9.59 Å². The van der Waals surface area contributed by atoms with Crippen LogP contribution in [-0.2, 0) is 22.6 Å². The fourth-order valence-corrected chi connectivity index (χ4v) is 2.57. The molecule has 0 fully saturated rings. The Morgan fingerprint density at radius 1 is 1.00 bits per heavy atom. The number of hydrogen-bond acceptors (Lipinski definition) is 3. The molecule has 2 aromatic carbocycles. The molecule has 0 unspecified atom stereocenters. The Kier molecular flexibility index (Phi) is 8.65. The highest BCUT2D eigenvalue weighted by Gasteiger charge is 2.17. The van der Waals surface area contributed by atoms with Crippen LogP contribution in [0.15, 0.2) is 60.7 Å². The zero-order valence-corrected chi connectivity index (χ0v) is 15.6. The maximum Gasteiger partial charge on any atom is 0.407 e. The largest absolute Gasteiger partial charge is 0.445 e. The van der Waals surface area contributed by atoms with Crippen molar-refractivity contribution < 1.29 is 14.3 Å². The molecule has 1 amide bonds. The van der Waals surface area contributed by atoms with Crippen LogP contribution in [0.2, 0.25) is 0 Å². The Balaban J connectivity index is 1.94. The van der Waals surface area contributed by atoms with Crippen molar-refractivity contribution in [3.8, 4) is 11.8 Å². The van der Waals surface area contributed by atoms with Crippen molar-refractivity contribution in [3.63, 3.8) is 0 Å². The number of benzene rings is 2. The SMILES string of the molecule is CCCC#CC(=O)C[C@H](Cc1ccccc1)NC(=O)OCc1ccccc1. The van der Waals surface area contributed by atoms with E-state index in [1.807, 2.05) is 67.6 Å². The molecule has 0 aliphatic carbocycles. The summed E-state index contributed by atoms with van der Waals surface area (Å²) >= 11 is 0. The molecule has 0 spiro atoms.